The molecule has 4 heteroatoms. The summed E-state index contributed by atoms with van der Waals surface area (Å²) in [6.45, 7) is 2.40. The van der Waals surface area contributed by atoms with Gasteiger partial charge in [0.1, 0.15) is 5.75 Å². The Balaban J connectivity index is 2.14. The molecule has 0 bridgehead atoms. The lowest BCUT2D eigenvalue weighted by atomic mass is 10.1. The van der Waals surface area contributed by atoms with Crippen molar-refractivity contribution in [2.75, 3.05) is 12.4 Å². The first-order valence-corrected chi connectivity index (χ1v) is 6.39. The summed E-state index contributed by atoms with van der Waals surface area (Å²) in [5.74, 6) is 0.634. The molecule has 0 atom stereocenters. The summed E-state index contributed by atoms with van der Waals surface area (Å²) < 4.78 is 5.14. The fraction of sp³-hybridized carbons (Fsp3) is 0.188. The van der Waals surface area contributed by atoms with E-state index in [1.807, 2.05) is 37.3 Å². The van der Waals surface area contributed by atoms with Gasteiger partial charge in [-0.1, -0.05) is 12.1 Å². The number of carbonyl (C=O) groups excluding carboxylic acids is 1. The lowest BCUT2D eigenvalue weighted by Crippen LogP contribution is -2.13. The molecule has 0 aliphatic carbocycles. The quantitative estimate of drug-likeness (QED) is 0.897. The Morgan fingerprint density at radius 3 is 2.45 bits per heavy atom. The van der Waals surface area contributed by atoms with Crippen LogP contribution in [-0.4, -0.2) is 13.0 Å². The number of hydrogen-bond acceptors (Lipinski definition) is 3. The van der Waals surface area contributed by atoms with E-state index in [0.717, 1.165) is 22.6 Å². The highest BCUT2D eigenvalue weighted by Gasteiger charge is 2.08. The maximum absolute atomic E-state index is 12.1. The number of nitrogens with two attached hydrogens (primary N) is 1. The minimum absolute atomic E-state index is 0.137. The van der Waals surface area contributed by atoms with Gasteiger partial charge in [0.2, 0.25) is 0 Å². The molecule has 0 unspecified atom stereocenters. The summed E-state index contributed by atoms with van der Waals surface area (Å²) in [6, 6.07) is 12.8. The van der Waals surface area contributed by atoms with Gasteiger partial charge >= 0.3 is 0 Å². The van der Waals surface area contributed by atoms with Crippen LogP contribution in [0.15, 0.2) is 42.5 Å². The number of hydrogen-bond donors (Lipinski definition) is 2. The van der Waals surface area contributed by atoms with Gasteiger partial charge in [0, 0.05) is 17.8 Å². The summed E-state index contributed by atoms with van der Waals surface area (Å²) in [6.07, 6.45) is 0. The third-order valence-corrected chi connectivity index (χ3v) is 3.13. The predicted octanol–water partition coefficient (Wildman–Crippen LogP) is 2.71. The first kappa shape index (κ1) is 14.1. The Bertz CT molecular complexity index is 606. The van der Waals surface area contributed by atoms with Crippen LogP contribution in [0.1, 0.15) is 21.5 Å². The molecule has 0 aromatic heterocycles. The SMILES string of the molecule is COc1ccc(NC(=O)c2ccc(CN)cc2)c(C)c1. The second-order valence-corrected chi connectivity index (χ2v) is 4.54. The molecular formula is C16H18N2O2. The molecule has 0 aliphatic rings. The third-order valence-electron chi connectivity index (χ3n) is 3.13. The molecule has 1 amide bonds. The Hall–Kier alpha value is -2.33. The largest absolute Gasteiger partial charge is 0.497 e. The highest BCUT2D eigenvalue weighted by atomic mass is 16.5. The van der Waals surface area contributed by atoms with Crippen LogP contribution in [0.25, 0.3) is 0 Å². The van der Waals surface area contributed by atoms with E-state index >= 15 is 0 Å². The summed E-state index contributed by atoms with van der Waals surface area (Å²) in [5.41, 5.74) is 8.88. The number of aryl methyl sites for hydroxylation is 1. The molecular weight excluding hydrogens is 252 g/mol. The van der Waals surface area contributed by atoms with Gasteiger partial charge in [-0.3, -0.25) is 4.79 Å². The molecule has 2 aromatic rings. The van der Waals surface area contributed by atoms with E-state index in [1.54, 1.807) is 19.2 Å². The second-order valence-electron chi connectivity index (χ2n) is 4.54. The van der Waals surface area contributed by atoms with Gasteiger partial charge in [0.05, 0.1) is 7.11 Å². The number of amides is 1. The fourth-order valence-corrected chi connectivity index (χ4v) is 1.89. The molecule has 4 nitrogen and oxygen atoms in total. The van der Waals surface area contributed by atoms with Crippen molar-refractivity contribution >= 4 is 11.6 Å². The van der Waals surface area contributed by atoms with Gasteiger partial charge in [-0.2, -0.15) is 0 Å². The minimum atomic E-state index is -0.137. The van der Waals surface area contributed by atoms with Crippen molar-refractivity contribution in [1.82, 2.24) is 0 Å². The van der Waals surface area contributed by atoms with Crippen LogP contribution in [0.2, 0.25) is 0 Å². The fourth-order valence-electron chi connectivity index (χ4n) is 1.89. The minimum Gasteiger partial charge on any atom is -0.497 e. The zero-order valence-electron chi connectivity index (χ0n) is 11.6. The lowest BCUT2D eigenvalue weighted by Gasteiger charge is -2.10. The molecule has 0 spiro atoms. The van der Waals surface area contributed by atoms with Crippen LogP contribution in [-0.2, 0) is 6.54 Å². The molecule has 104 valence electrons. The Labute approximate surface area is 118 Å². The van der Waals surface area contributed by atoms with Crippen molar-refractivity contribution in [2.45, 2.75) is 13.5 Å². The van der Waals surface area contributed by atoms with Gasteiger partial charge in [0.25, 0.3) is 5.91 Å². The van der Waals surface area contributed by atoms with Crippen LogP contribution >= 0.6 is 0 Å². The number of rotatable bonds is 4. The smallest absolute Gasteiger partial charge is 0.255 e. The maximum Gasteiger partial charge on any atom is 0.255 e. The van der Waals surface area contributed by atoms with Gasteiger partial charge in [-0.25, -0.2) is 0 Å². The van der Waals surface area contributed by atoms with E-state index in [1.165, 1.54) is 0 Å². The van der Waals surface area contributed by atoms with E-state index in [-0.39, 0.29) is 5.91 Å². The average molecular weight is 270 g/mol. The van der Waals surface area contributed by atoms with Crippen LogP contribution in [0.3, 0.4) is 0 Å². The molecule has 0 aliphatic heterocycles. The van der Waals surface area contributed by atoms with Gasteiger partial charge in [0.15, 0.2) is 0 Å². The average Bonchev–Trinajstić information content (AvgIpc) is 2.49. The molecule has 2 rings (SSSR count). The van der Waals surface area contributed by atoms with E-state index in [4.69, 9.17) is 10.5 Å². The third kappa shape index (κ3) is 3.16. The zero-order chi connectivity index (χ0) is 14.5. The molecule has 0 radical (unpaired) electrons. The van der Waals surface area contributed by atoms with Crippen LogP contribution < -0.4 is 15.8 Å². The standard InChI is InChI=1S/C16H18N2O2/c1-11-9-14(20-2)7-8-15(11)18-16(19)13-5-3-12(10-17)4-6-13/h3-9H,10,17H2,1-2H3,(H,18,19). The highest BCUT2D eigenvalue weighted by Crippen LogP contribution is 2.21. The number of nitrogens with one attached hydrogen (secondary N) is 1. The predicted molar refractivity (Wildman–Crippen MR) is 80.0 cm³/mol. The molecule has 0 heterocycles. The number of methoxy groups -OCH3 is 1. The number of carbonyl (C=O) groups is 1. The van der Waals surface area contributed by atoms with E-state index in [0.29, 0.717) is 12.1 Å². The normalized spacial score (nSPS) is 10.2. The van der Waals surface area contributed by atoms with Crippen LogP contribution in [0, 0.1) is 6.92 Å². The van der Waals surface area contributed by atoms with Crippen molar-refractivity contribution in [3.8, 4) is 5.75 Å². The molecule has 0 fully saturated rings. The van der Waals surface area contributed by atoms with Crippen molar-refractivity contribution in [3.05, 3.63) is 59.2 Å². The molecule has 3 N–H and O–H groups in total. The molecule has 2 aromatic carbocycles. The first-order chi connectivity index (χ1) is 9.63. The van der Waals surface area contributed by atoms with E-state index < -0.39 is 0 Å². The molecule has 0 saturated carbocycles. The van der Waals surface area contributed by atoms with Crippen molar-refractivity contribution < 1.29 is 9.53 Å². The van der Waals surface area contributed by atoms with Crippen LogP contribution in [0.4, 0.5) is 5.69 Å². The summed E-state index contributed by atoms with van der Waals surface area (Å²) in [7, 11) is 1.62. The Morgan fingerprint density at radius 1 is 1.20 bits per heavy atom. The topological polar surface area (TPSA) is 64.3 Å². The molecule has 20 heavy (non-hydrogen) atoms. The zero-order valence-corrected chi connectivity index (χ0v) is 11.6. The first-order valence-electron chi connectivity index (χ1n) is 6.39. The van der Waals surface area contributed by atoms with Crippen molar-refractivity contribution in [3.63, 3.8) is 0 Å². The monoisotopic (exact) mass is 270 g/mol. The second kappa shape index (κ2) is 6.21. The summed E-state index contributed by atoms with van der Waals surface area (Å²) in [4.78, 5) is 12.1. The number of anilines is 1. The lowest BCUT2D eigenvalue weighted by molar-refractivity contribution is 0.102. The number of benzene rings is 2. The van der Waals surface area contributed by atoms with Crippen LogP contribution in [0.5, 0.6) is 5.75 Å². The Kier molecular flexibility index (Phi) is 4.38. The van der Waals surface area contributed by atoms with E-state index in [9.17, 15) is 4.79 Å². The van der Waals surface area contributed by atoms with E-state index in [2.05, 4.69) is 5.32 Å². The number of ether oxygens (including phenoxy) is 1. The van der Waals surface area contributed by atoms with Crippen molar-refractivity contribution in [2.24, 2.45) is 5.73 Å². The maximum atomic E-state index is 12.1. The molecule has 0 saturated heterocycles. The van der Waals surface area contributed by atoms with Crippen molar-refractivity contribution in [1.29, 1.82) is 0 Å². The summed E-state index contributed by atoms with van der Waals surface area (Å²) >= 11 is 0. The Morgan fingerprint density at radius 2 is 1.90 bits per heavy atom. The van der Waals surface area contributed by atoms with Gasteiger partial charge in [-0.05, 0) is 48.4 Å². The van der Waals surface area contributed by atoms with Gasteiger partial charge in [-0.15, -0.1) is 0 Å². The summed E-state index contributed by atoms with van der Waals surface area (Å²) in [5, 5.41) is 2.89. The highest BCUT2D eigenvalue weighted by molar-refractivity contribution is 6.04. The van der Waals surface area contributed by atoms with Gasteiger partial charge < -0.3 is 15.8 Å².